The quantitative estimate of drug-likeness (QED) is 0.749. The van der Waals surface area contributed by atoms with Gasteiger partial charge in [0.15, 0.2) is 5.65 Å². The Morgan fingerprint density at radius 1 is 1.28 bits per heavy atom. The SMILES string of the molecule is Cc1nn(C)c2ncc(NC(=O)CNC(=O)c3ccccc3Cl)cc12. The van der Waals surface area contributed by atoms with Crippen LogP contribution in [0.1, 0.15) is 16.1 Å². The summed E-state index contributed by atoms with van der Waals surface area (Å²) in [6.45, 7) is 1.70. The normalized spacial score (nSPS) is 10.7. The molecule has 0 bridgehead atoms. The summed E-state index contributed by atoms with van der Waals surface area (Å²) in [6, 6.07) is 8.46. The van der Waals surface area contributed by atoms with E-state index in [1.54, 1.807) is 41.2 Å². The van der Waals surface area contributed by atoms with Gasteiger partial charge in [-0.2, -0.15) is 5.10 Å². The predicted octanol–water partition coefficient (Wildman–Crippen LogP) is 2.30. The van der Waals surface area contributed by atoms with Crippen LogP contribution in [0.3, 0.4) is 0 Å². The van der Waals surface area contributed by atoms with Crippen molar-refractivity contribution < 1.29 is 9.59 Å². The minimum Gasteiger partial charge on any atom is -0.343 e. The summed E-state index contributed by atoms with van der Waals surface area (Å²) in [7, 11) is 1.81. The Hall–Kier alpha value is -2.93. The molecule has 3 aromatic rings. The fraction of sp³-hybridized carbons (Fsp3) is 0.176. The van der Waals surface area contributed by atoms with E-state index in [2.05, 4.69) is 20.7 Å². The largest absolute Gasteiger partial charge is 0.343 e. The number of pyridine rings is 1. The summed E-state index contributed by atoms with van der Waals surface area (Å²) < 4.78 is 1.68. The molecule has 3 rings (SSSR count). The highest BCUT2D eigenvalue weighted by Crippen LogP contribution is 2.19. The number of amides is 2. The van der Waals surface area contributed by atoms with Crippen LogP contribution in [0.2, 0.25) is 5.02 Å². The molecule has 2 amide bonds. The van der Waals surface area contributed by atoms with Crippen LogP contribution < -0.4 is 10.6 Å². The molecule has 8 heteroatoms. The highest BCUT2D eigenvalue weighted by molar-refractivity contribution is 6.33. The number of rotatable bonds is 4. The summed E-state index contributed by atoms with van der Waals surface area (Å²) in [6.07, 6.45) is 1.55. The Morgan fingerprint density at radius 3 is 2.80 bits per heavy atom. The average Bonchev–Trinajstić information content (AvgIpc) is 2.87. The van der Waals surface area contributed by atoms with Gasteiger partial charge >= 0.3 is 0 Å². The third-order valence-corrected chi connectivity index (χ3v) is 4.00. The predicted molar refractivity (Wildman–Crippen MR) is 95.7 cm³/mol. The number of carbonyl (C=O) groups excluding carboxylic acids is 2. The number of aryl methyl sites for hydroxylation is 2. The average molecular weight is 358 g/mol. The maximum absolute atomic E-state index is 12.1. The molecule has 0 fully saturated rings. The molecule has 128 valence electrons. The number of anilines is 1. The fourth-order valence-electron chi connectivity index (χ4n) is 2.48. The van der Waals surface area contributed by atoms with Gasteiger partial charge in [0, 0.05) is 12.4 Å². The first-order valence-corrected chi connectivity index (χ1v) is 7.95. The number of carbonyl (C=O) groups is 2. The first kappa shape index (κ1) is 16.9. The van der Waals surface area contributed by atoms with Gasteiger partial charge in [0.1, 0.15) is 0 Å². The standard InChI is InChI=1S/C17H16ClN5O2/c1-10-13-7-11(8-19-16(13)23(2)22-10)21-15(24)9-20-17(25)12-5-3-4-6-14(12)18/h3-8H,9H2,1-2H3,(H,20,25)(H,21,24). The van der Waals surface area contributed by atoms with E-state index in [1.165, 1.54) is 0 Å². The summed E-state index contributed by atoms with van der Waals surface area (Å²) in [5.41, 5.74) is 2.43. The molecule has 0 spiro atoms. The van der Waals surface area contributed by atoms with E-state index in [0.29, 0.717) is 16.3 Å². The molecule has 0 aliphatic carbocycles. The van der Waals surface area contributed by atoms with Crippen molar-refractivity contribution in [3.8, 4) is 0 Å². The third kappa shape index (κ3) is 3.61. The molecular weight excluding hydrogens is 342 g/mol. The van der Waals surface area contributed by atoms with Crippen LogP contribution in [0, 0.1) is 6.92 Å². The lowest BCUT2D eigenvalue weighted by atomic mass is 10.2. The number of nitrogens with one attached hydrogen (secondary N) is 2. The number of hydrogen-bond donors (Lipinski definition) is 2. The van der Waals surface area contributed by atoms with Gasteiger partial charge in [-0.15, -0.1) is 0 Å². The smallest absolute Gasteiger partial charge is 0.253 e. The number of hydrogen-bond acceptors (Lipinski definition) is 4. The Kier molecular flexibility index (Phi) is 4.67. The van der Waals surface area contributed by atoms with Crippen molar-refractivity contribution >= 4 is 40.1 Å². The van der Waals surface area contributed by atoms with Crippen molar-refractivity contribution in [2.45, 2.75) is 6.92 Å². The highest BCUT2D eigenvalue weighted by atomic mass is 35.5. The molecule has 2 heterocycles. The van der Waals surface area contributed by atoms with Crippen LogP contribution >= 0.6 is 11.6 Å². The van der Waals surface area contributed by atoms with Gasteiger partial charge in [-0.05, 0) is 25.1 Å². The zero-order valence-electron chi connectivity index (χ0n) is 13.7. The summed E-state index contributed by atoms with van der Waals surface area (Å²) >= 11 is 5.96. The maximum atomic E-state index is 12.1. The monoisotopic (exact) mass is 357 g/mol. The molecule has 0 aliphatic rings. The minimum atomic E-state index is -0.405. The van der Waals surface area contributed by atoms with E-state index < -0.39 is 5.91 Å². The number of aromatic nitrogens is 3. The van der Waals surface area contributed by atoms with Gasteiger partial charge in [-0.3, -0.25) is 14.3 Å². The lowest BCUT2D eigenvalue weighted by Crippen LogP contribution is -2.33. The lowest BCUT2D eigenvalue weighted by molar-refractivity contribution is -0.115. The van der Waals surface area contributed by atoms with Crippen LogP contribution in [0.15, 0.2) is 36.5 Å². The summed E-state index contributed by atoms with van der Waals surface area (Å²) in [5.74, 6) is -0.763. The molecule has 0 saturated heterocycles. The van der Waals surface area contributed by atoms with Crippen molar-refractivity contribution in [3.63, 3.8) is 0 Å². The Balaban J connectivity index is 1.64. The number of fused-ring (bicyclic) bond motifs is 1. The molecule has 0 saturated carbocycles. The van der Waals surface area contributed by atoms with E-state index in [9.17, 15) is 9.59 Å². The second kappa shape index (κ2) is 6.90. The second-order valence-corrected chi connectivity index (χ2v) is 5.92. The highest BCUT2D eigenvalue weighted by Gasteiger charge is 2.12. The van der Waals surface area contributed by atoms with E-state index in [1.807, 2.05) is 14.0 Å². The number of halogens is 1. The van der Waals surface area contributed by atoms with Gasteiger partial charge in [-0.25, -0.2) is 4.98 Å². The zero-order valence-corrected chi connectivity index (χ0v) is 14.5. The molecule has 0 atom stereocenters. The van der Waals surface area contributed by atoms with Gasteiger partial charge in [0.05, 0.1) is 34.7 Å². The molecule has 2 N–H and O–H groups in total. The number of benzene rings is 1. The van der Waals surface area contributed by atoms with Crippen molar-refractivity contribution in [2.24, 2.45) is 7.05 Å². The molecule has 7 nitrogen and oxygen atoms in total. The van der Waals surface area contributed by atoms with Crippen LogP contribution in [-0.4, -0.2) is 33.1 Å². The van der Waals surface area contributed by atoms with E-state index in [-0.39, 0.29) is 12.5 Å². The Morgan fingerprint density at radius 2 is 2.04 bits per heavy atom. The van der Waals surface area contributed by atoms with Crippen molar-refractivity contribution in [1.82, 2.24) is 20.1 Å². The van der Waals surface area contributed by atoms with Crippen LogP contribution in [0.5, 0.6) is 0 Å². The third-order valence-electron chi connectivity index (χ3n) is 3.67. The Labute approximate surface area is 149 Å². The number of nitrogens with zero attached hydrogens (tertiary/aromatic N) is 3. The van der Waals surface area contributed by atoms with Crippen LogP contribution in [0.25, 0.3) is 11.0 Å². The van der Waals surface area contributed by atoms with Crippen molar-refractivity contribution in [1.29, 1.82) is 0 Å². The fourth-order valence-corrected chi connectivity index (χ4v) is 2.70. The first-order valence-electron chi connectivity index (χ1n) is 7.57. The molecular formula is C17H16ClN5O2. The topological polar surface area (TPSA) is 88.9 Å². The maximum Gasteiger partial charge on any atom is 0.253 e. The van der Waals surface area contributed by atoms with Crippen LogP contribution in [0.4, 0.5) is 5.69 Å². The van der Waals surface area contributed by atoms with E-state index in [4.69, 9.17) is 11.6 Å². The molecule has 0 aliphatic heterocycles. The molecule has 1 aromatic carbocycles. The zero-order chi connectivity index (χ0) is 18.0. The summed E-state index contributed by atoms with van der Waals surface area (Å²) in [5, 5.41) is 10.7. The van der Waals surface area contributed by atoms with Gasteiger partial charge in [0.2, 0.25) is 5.91 Å². The summed E-state index contributed by atoms with van der Waals surface area (Å²) in [4.78, 5) is 28.4. The van der Waals surface area contributed by atoms with Crippen LogP contribution in [-0.2, 0) is 11.8 Å². The molecule has 2 aromatic heterocycles. The van der Waals surface area contributed by atoms with E-state index >= 15 is 0 Å². The van der Waals surface area contributed by atoms with Gasteiger partial charge in [0.25, 0.3) is 5.91 Å². The minimum absolute atomic E-state index is 0.173. The molecule has 0 radical (unpaired) electrons. The second-order valence-electron chi connectivity index (χ2n) is 5.51. The lowest BCUT2D eigenvalue weighted by Gasteiger charge is -2.08. The molecule has 25 heavy (non-hydrogen) atoms. The Bertz CT molecular complexity index is 967. The first-order chi connectivity index (χ1) is 12.0. The van der Waals surface area contributed by atoms with Gasteiger partial charge < -0.3 is 10.6 Å². The van der Waals surface area contributed by atoms with Crippen molar-refractivity contribution in [3.05, 3.63) is 52.8 Å². The van der Waals surface area contributed by atoms with Gasteiger partial charge in [-0.1, -0.05) is 23.7 Å². The molecule has 0 unspecified atom stereocenters. The van der Waals surface area contributed by atoms with E-state index in [0.717, 1.165) is 16.7 Å². The van der Waals surface area contributed by atoms with Crippen molar-refractivity contribution in [2.75, 3.05) is 11.9 Å².